The number of nitrogens with zero attached hydrogens (tertiary/aromatic N) is 1. The smallest absolute Gasteiger partial charge is 0.261 e. The van der Waals surface area contributed by atoms with Crippen LogP contribution in [-0.2, 0) is 10.0 Å². The molecule has 0 atom stereocenters. The fourth-order valence-corrected chi connectivity index (χ4v) is 4.65. The number of nitrogens with one attached hydrogen (secondary N) is 2. The summed E-state index contributed by atoms with van der Waals surface area (Å²) in [6.45, 7) is 2.01. The van der Waals surface area contributed by atoms with E-state index in [4.69, 9.17) is 0 Å². The molecule has 0 aliphatic carbocycles. The standard InChI is InChI=1S/C18H22BrN3O2S/c1-22(15-9-11-20-12-10-15)18-13-14(7-8-17(18)19)21-25(23,24)16-5-3-2-4-6-16/h2-8,13,15,20-21H,9-12H2,1H3. The molecule has 0 bridgehead atoms. The Morgan fingerprint density at radius 2 is 1.80 bits per heavy atom. The summed E-state index contributed by atoms with van der Waals surface area (Å²) in [6.07, 6.45) is 2.14. The van der Waals surface area contributed by atoms with Crippen LogP contribution in [0.15, 0.2) is 57.9 Å². The van der Waals surface area contributed by atoms with Crippen molar-refractivity contribution in [1.82, 2.24) is 5.32 Å². The molecule has 0 spiro atoms. The number of hydrogen-bond donors (Lipinski definition) is 2. The summed E-state index contributed by atoms with van der Waals surface area (Å²) in [7, 11) is -1.53. The number of piperidine rings is 1. The highest BCUT2D eigenvalue weighted by Crippen LogP contribution is 2.32. The van der Waals surface area contributed by atoms with Gasteiger partial charge in [-0.3, -0.25) is 4.72 Å². The lowest BCUT2D eigenvalue weighted by Crippen LogP contribution is -2.41. The van der Waals surface area contributed by atoms with Crippen molar-refractivity contribution in [2.24, 2.45) is 0 Å². The van der Waals surface area contributed by atoms with Crippen LogP contribution in [0.4, 0.5) is 11.4 Å². The van der Waals surface area contributed by atoms with E-state index in [1.807, 2.05) is 12.1 Å². The molecule has 3 rings (SSSR count). The molecule has 1 saturated heterocycles. The maximum atomic E-state index is 12.5. The van der Waals surface area contributed by atoms with Gasteiger partial charge in [0.2, 0.25) is 0 Å². The molecular formula is C18H22BrN3O2S. The van der Waals surface area contributed by atoms with Gasteiger partial charge in [0.05, 0.1) is 16.3 Å². The SMILES string of the molecule is CN(c1cc(NS(=O)(=O)c2ccccc2)ccc1Br)C1CCNCC1. The Morgan fingerprint density at radius 1 is 1.12 bits per heavy atom. The van der Waals surface area contributed by atoms with Gasteiger partial charge in [-0.25, -0.2) is 8.42 Å². The first-order valence-electron chi connectivity index (χ1n) is 8.28. The van der Waals surface area contributed by atoms with E-state index in [2.05, 4.69) is 37.9 Å². The quantitative estimate of drug-likeness (QED) is 0.772. The monoisotopic (exact) mass is 423 g/mol. The van der Waals surface area contributed by atoms with E-state index in [-0.39, 0.29) is 4.90 Å². The van der Waals surface area contributed by atoms with Crippen molar-refractivity contribution in [3.63, 3.8) is 0 Å². The van der Waals surface area contributed by atoms with Gasteiger partial charge in [-0.2, -0.15) is 0 Å². The van der Waals surface area contributed by atoms with E-state index in [9.17, 15) is 8.42 Å². The molecule has 1 aliphatic rings. The summed E-state index contributed by atoms with van der Waals surface area (Å²) >= 11 is 3.59. The third kappa shape index (κ3) is 4.34. The number of hydrogen-bond acceptors (Lipinski definition) is 4. The molecule has 7 heteroatoms. The predicted molar refractivity (Wildman–Crippen MR) is 106 cm³/mol. The van der Waals surface area contributed by atoms with E-state index < -0.39 is 10.0 Å². The molecule has 5 nitrogen and oxygen atoms in total. The van der Waals surface area contributed by atoms with E-state index in [0.29, 0.717) is 11.7 Å². The summed E-state index contributed by atoms with van der Waals surface area (Å²) in [6, 6.07) is 14.4. The molecule has 0 unspecified atom stereocenters. The van der Waals surface area contributed by atoms with Gasteiger partial charge in [-0.1, -0.05) is 18.2 Å². The van der Waals surface area contributed by atoms with Crippen molar-refractivity contribution in [1.29, 1.82) is 0 Å². The number of rotatable bonds is 5. The molecule has 1 heterocycles. The highest BCUT2D eigenvalue weighted by Gasteiger charge is 2.21. The molecule has 2 aromatic carbocycles. The highest BCUT2D eigenvalue weighted by molar-refractivity contribution is 9.10. The van der Waals surface area contributed by atoms with E-state index in [1.165, 1.54) is 0 Å². The summed E-state index contributed by atoms with van der Waals surface area (Å²) in [5.74, 6) is 0. The van der Waals surface area contributed by atoms with Gasteiger partial charge >= 0.3 is 0 Å². The Balaban J connectivity index is 1.84. The molecule has 2 aromatic rings. The van der Waals surface area contributed by atoms with Crippen molar-refractivity contribution in [3.8, 4) is 0 Å². The molecular weight excluding hydrogens is 402 g/mol. The molecule has 1 aliphatic heterocycles. The van der Waals surface area contributed by atoms with Crippen molar-refractivity contribution in [2.45, 2.75) is 23.8 Å². The van der Waals surface area contributed by atoms with Crippen LogP contribution < -0.4 is 14.9 Å². The van der Waals surface area contributed by atoms with Crippen molar-refractivity contribution in [2.75, 3.05) is 29.8 Å². The normalized spacial score (nSPS) is 15.8. The van der Waals surface area contributed by atoms with Crippen molar-refractivity contribution in [3.05, 3.63) is 53.0 Å². The Morgan fingerprint density at radius 3 is 2.48 bits per heavy atom. The average Bonchev–Trinajstić information content (AvgIpc) is 2.64. The van der Waals surface area contributed by atoms with Crippen molar-refractivity contribution < 1.29 is 8.42 Å². The van der Waals surface area contributed by atoms with Gasteiger partial charge in [-0.15, -0.1) is 0 Å². The third-order valence-electron chi connectivity index (χ3n) is 4.49. The zero-order valence-corrected chi connectivity index (χ0v) is 16.5. The zero-order valence-electron chi connectivity index (χ0n) is 14.1. The second-order valence-electron chi connectivity index (χ2n) is 6.18. The first-order chi connectivity index (χ1) is 12.0. The zero-order chi connectivity index (χ0) is 17.9. The maximum absolute atomic E-state index is 12.5. The van der Waals surface area contributed by atoms with E-state index in [0.717, 1.165) is 36.1 Å². The molecule has 0 aromatic heterocycles. The topological polar surface area (TPSA) is 61.4 Å². The van der Waals surface area contributed by atoms with Crippen LogP contribution in [0.3, 0.4) is 0 Å². The molecule has 0 saturated carbocycles. The van der Waals surface area contributed by atoms with E-state index in [1.54, 1.807) is 36.4 Å². The minimum atomic E-state index is -3.59. The largest absolute Gasteiger partial charge is 0.371 e. The molecule has 1 fully saturated rings. The van der Waals surface area contributed by atoms with Gasteiger partial charge < -0.3 is 10.2 Å². The van der Waals surface area contributed by atoms with Crippen LogP contribution in [0.25, 0.3) is 0 Å². The predicted octanol–water partition coefficient (Wildman–Crippen LogP) is 3.44. The van der Waals surface area contributed by atoms with Crippen LogP contribution in [0.1, 0.15) is 12.8 Å². The lowest BCUT2D eigenvalue weighted by molar-refractivity contribution is 0.443. The van der Waals surface area contributed by atoms with Crippen LogP contribution in [0.2, 0.25) is 0 Å². The molecule has 2 N–H and O–H groups in total. The van der Waals surface area contributed by atoms with Crippen LogP contribution >= 0.6 is 15.9 Å². The summed E-state index contributed by atoms with van der Waals surface area (Å²) in [5.41, 5.74) is 1.54. The minimum Gasteiger partial charge on any atom is -0.371 e. The lowest BCUT2D eigenvalue weighted by atomic mass is 10.0. The second kappa shape index (κ2) is 7.76. The van der Waals surface area contributed by atoms with E-state index >= 15 is 0 Å². The first-order valence-corrected chi connectivity index (χ1v) is 10.6. The number of halogens is 1. The number of anilines is 2. The third-order valence-corrected chi connectivity index (χ3v) is 6.56. The fourth-order valence-electron chi connectivity index (χ4n) is 3.05. The van der Waals surface area contributed by atoms with Gasteiger partial charge in [0.25, 0.3) is 10.0 Å². The van der Waals surface area contributed by atoms with Crippen LogP contribution in [0, 0.1) is 0 Å². The molecule has 134 valence electrons. The maximum Gasteiger partial charge on any atom is 0.261 e. The minimum absolute atomic E-state index is 0.256. The van der Waals surface area contributed by atoms with Gasteiger partial charge in [0.1, 0.15) is 0 Å². The van der Waals surface area contributed by atoms with Crippen LogP contribution in [-0.4, -0.2) is 34.6 Å². The highest BCUT2D eigenvalue weighted by atomic mass is 79.9. The fraction of sp³-hybridized carbons (Fsp3) is 0.333. The van der Waals surface area contributed by atoms with Gasteiger partial charge in [0, 0.05) is 17.6 Å². The first kappa shape index (κ1) is 18.2. The Kier molecular flexibility index (Phi) is 5.66. The Labute approximate surface area is 157 Å². The molecule has 0 amide bonds. The Hall–Kier alpha value is -1.57. The van der Waals surface area contributed by atoms with Gasteiger partial charge in [-0.05, 0) is 72.2 Å². The Bertz CT molecular complexity index is 821. The molecule has 25 heavy (non-hydrogen) atoms. The van der Waals surface area contributed by atoms with Crippen molar-refractivity contribution >= 4 is 37.3 Å². The summed E-state index contributed by atoms with van der Waals surface area (Å²) < 4.78 is 28.7. The second-order valence-corrected chi connectivity index (χ2v) is 8.71. The average molecular weight is 424 g/mol. The summed E-state index contributed by atoms with van der Waals surface area (Å²) in [5, 5.41) is 3.37. The van der Waals surface area contributed by atoms with Crippen LogP contribution in [0.5, 0.6) is 0 Å². The number of benzene rings is 2. The molecule has 0 radical (unpaired) electrons. The number of sulfonamides is 1. The lowest BCUT2D eigenvalue weighted by Gasteiger charge is -2.34. The van der Waals surface area contributed by atoms with Gasteiger partial charge in [0.15, 0.2) is 0 Å². The summed E-state index contributed by atoms with van der Waals surface area (Å²) in [4.78, 5) is 2.48.